The molecule has 1 N–H and O–H groups in total. The third-order valence-corrected chi connectivity index (χ3v) is 11.4. The number of hydrogen-bond acceptors (Lipinski definition) is 10. The number of aliphatic hydroxyl groups excluding tert-OH is 1. The first kappa shape index (κ1) is 28.7. The average Bonchev–Trinajstić information content (AvgIpc) is 3.73. The number of carbonyl (C=O) groups is 2. The summed E-state index contributed by atoms with van der Waals surface area (Å²) in [6, 6.07) is 4.94. The minimum atomic E-state index is -1.55. The summed E-state index contributed by atoms with van der Waals surface area (Å²) in [7, 11) is 0. The van der Waals surface area contributed by atoms with E-state index in [-0.39, 0.29) is 47.2 Å². The quantitative estimate of drug-likeness (QED) is 0.317. The molecule has 10 nitrogen and oxygen atoms in total. The number of ether oxygens (including phenoxy) is 1. The molecule has 0 amide bonds. The standard InChI is InChI=1S/C32H30FN5O5S/c1-30-12-18-14-37-38(20-4-6-26(33)35-15-20)24(18)11-19(30)3-5-21-22-7-8-32(29(41)44-10-9-34,31(22,2)13-25(39)27(21)30)43-28(40)23-16-42-17-36-23/h3-6,11,14-17,21-22,25,27,39H,7-8,10,12-13H2,1-2H3/t21-,22-,25-,27+,30-,31-,32-/m0/s1. The Labute approximate surface area is 257 Å². The van der Waals surface area contributed by atoms with Crippen LogP contribution in [0.3, 0.4) is 0 Å². The van der Waals surface area contributed by atoms with E-state index in [1.54, 1.807) is 10.7 Å². The predicted octanol–water partition coefficient (Wildman–Crippen LogP) is 4.70. The topological polar surface area (TPSA) is 144 Å². The first-order chi connectivity index (χ1) is 21.1. The zero-order chi connectivity index (χ0) is 30.9. The highest BCUT2D eigenvalue weighted by Crippen LogP contribution is 2.67. The number of hydrogen-bond donors (Lipinski definition) is 1. The summed E-state index contributed by atoms with van der Waals surface area (Å²) in [5.74, 6) is -1.73. The minimum absolute atomic E-state index is 0.0430. The monoisotopic (exact) mass is 615 g/mol. The number of esters is 1. The zero-order valence-corrected chi connectivity index (χ0v) is 25.0. The van der Waals surface area contributed by atoms with Gasteiger partial charge >= 0.3 is 5.97 Å². The molecule has 0 spiro atoms. The van der Waals surface area contributed by atoms with E-state index in [0.717, 1.165) is 35.0 Å². The Bertz CT molecular complexity index is 1750. The molecule has 226 valence electrons. The van der Waals surface area contributed by atoms with Crippen LogP contribution in [-0.2, 0) is 16.0 Å². The fraction of sp³-hybridized carbons (Fsp3) is 0.438. The number of aromatic nitrogens is 4. The molecular formula is C32H30FN5O5S. The highest BCUT2D eigenvalue weighted by Gasteiger charge is 2.70. The lowest BCUT2D eigenvalue weighted by Crippen LogP contribution is -2.62. The van der Waals surface area contributed by atoms with Crippen LogP contribution < -0.4 is 0 Å². The Morgan fingerprint density at radius 1 is 1.30 bits per heavy atom. The van der Waals surface area contributed by atoms with E-state index >= 15 is 0 Å². The normalized spacial score (nSPS) is 33.3. The molecule has 2 fully saturated rings. The van der Waals surface area contributed by atoms with Crippen LogP contribution in [0.2, 0.25) is 0 Å². The molecule has 3 aromatic rings. The van der Waals surface area contributed by atoms with Gasteiger partial charge in [0.15, 0.2) is 17.7 Å². The second-order valence-electron chi connectivity index (χ2n) is 12.6. The van der Waals surface area contributed by atoms with Crippen molar-refractivity contribution in [1.29, 1.82) is 5.26 Å². The van der Waals surface area contributed by atoms with Crippen molar-refractivity contribution in [2.45, 2.75) is 51.2 Å². The summed E-state index contributed by atoms with van der Waals surface area (Å²) in [6.45, 7) is 4.11. The van der Waals surface area contributed by atoms with Crippen molar-refractivity contribution in [3.8, 4) is 11.8 Å². The van der Waals surface area contributed by atoms with Crippen LogP contribution in [0.5, 0.6) is 0 Å². The predicted molar refractivity (Wildman–Crippen MR) is 156 cm³/mol. The van der Waals surface area contributed by atoms with Crippen molar-refractivity contribution in [2.24, 2.45) is 28.6 Å². The van der Waals surface area contributed by atoms with Gasteiger partial charge in [0.1, 0.15) is 6.26 Å². The largest absolute Gasteiger partial charge is 0.451 e. The van der Waals surface area contributed by atoms with Gasteiger partial charge in [0, 0.05) is 16.7 Å². The van der Waals surface area contributed by atoms with Gasteiger partial charge in [0.2, 0.25) is 11.1 Å². The molecule has 4 aliphatic rings. The lowest BCUT2D eigenvalue weighted by atomic mass is 9.47. The van der Waals surface area contributed by atoms with Gasteiger partial charge in [0.05, 0.1) is 41.7 Å². The molecular weight excluding hydrogens is 585 g/mol. The third kappa shape index (κ3) is 4.05. The molecule has 7 rings (SSSR count). The van der Waals surface area contributed by atoms with Gasteiger partial charge < -0.3 is 14.3 Å². The molecule has 3 aromatic heterocycles. The Hall–Kier alpha value is -4.08. The number of aliphatic hydroxyl groups is 1. The fourth-order valence-corrected chi connectivity index (χ4v) is 9.41. The van der Waals surface area contributed by atoms with Crippen LogP contribution in [0.15, 0.2) is 59.3 Å². The molecule has 0 aromatic carbocycles. The SMILES string of the molecule is C[C@]12Cc3cnn(-c4ccc(F)nc4)c3C=C1C=C[C@@H]1[C@@H]2[C@@H](O)C[C@@]2(C)[C@H]1CC[C@]2(OC(=O)c1cocn1)C(=O)SCC#N. The van der Waals surface area contributed by atoms with Crippen molar-refractivity contribution in [1.82, 2.24) is 19.7 Å². The molecule has 0 unspecified atom stereocenters. The lowest BCUT2D eigenvalue weighted by Gasteiger charge is -2.58. The number of pyridine rings is 1. The van der Waals surface area contributed by atoms with Gasteiger partial charge in [0.25, 0.3) is 0 Å². The first-order valence-corrected chi connectivity index (χ1v) is 15.5. The van der Waals surface area contributed by atoms with Crippen molar-refractivity contribution in [3.05, 3.63) is 77.8 Å². The average molecular weight is 616 g/mol. The number of oxazole rings is 1. The molecule has 44 heavy (non-hydrogen) atoms. The fourth-order valence-electron chi connectivity index (χ4n) is 8.60. The summed E-state index contributed by atoms with van der Waals surface area (Å²) < 4.78 is 26.3. The minimum Gasteiger partial charge on any atom is -0.451 e. The van der Waals surface area contributed by atoms with Crippen molar-refractivity contribution in [2.75, 3.05) is 5.75 Å². The second kappa shape index (κ2) is 10.2. The summed E-state index contributed by atoms with van der Waals surface area (Å²) in [6.07, 6.45) is 12.9. The number of nitrogens with zero attached hydrogens (tertiary/aromatic N) is 5. The smallest absolute Gasteiger partial charge is 0.361 e. The molecule has 0 aliphatic heterocycles. The maximum Gasteiger partial charge on any atom is 0.361 e. The molecule has 3 heterocycles. The number of nitriles is 1. The molecule has 0 bridgehead atoms. The second-order valence-corrected chi connectivity index (χ2v) is 13.6. The molecule has 0 saturated heterocycles. The summed E-state index contributed by atoms with van der Waals surface area (Å²) in [5, 5.41) is 25.4. The maximum atomic E-state index is 13.9. The molecule has 0 radical (unpaired) electrons. The maximum absolute atomic E-state index is 13.9. The molecule has 7 atom stereocenters. The Morgan fingerprint density at radius 3 is 2.86 bits per heavy atom. The van der Waals surface area contributed by atoms with Crippen LogP contribution in [0.25, 0.3) is 11.8 Å². The zero-order valence-electron chi connectivity index (χ0n) is 24.1. The van der Waals surface area contributed by atoms with E-state index < -0.39 is 34.5 Å². The van der Waals surface area contributed by atoms with E-state index in [4.69, 9.17) is 9.15 Å². The van der Waals surface area contributed by atoms with Crippen LogP contribution in [0.4, 0.5) is 4.39 Å². The Kier molecular flexibility index (Phi) is 6.68. The number of carbonyl (C=O) groups excluding carboxylic acids is 2. The van der Waals surface area contributed by atoms with Gasteiger partial charge in [-0.1, -0.05) is 37.8 Å². The summed E-state index contributed by atoms with van der Waals surface area (Å²) in [4.78, 5) is 34.8. The number of halogens is 1. The van der Waals surface area contributed by atoms with Crippen LogP contribution in [-0.4, -0.2) is 53.4 Å². The third-order valence-electron chi connectivity index (χ3n) is 10.6. The van der Waals surface area contributed by atoms with Crippen LogP contribution in [0, 0.1) is 45.9 Å². The van der Waals surface area contributed by atoms with Crippen LogP contribution >= 0.6 is 11.8 Å². The van der Waals surface area contributed by atoms with Crippen molar-refractivity contribution < 1.29 is 28.2 Å². The number of allylic oxidation sites excluding steroid dienone is 3. The molecule has 12 heteroatoms. The van der Waals surface area contributed by atoms with Gasteiger partial charge in [-0.25, -0.2) is 19.4 Å². The summed E-state index contributed by atoms with van der Waals surface area (Å²) >= 11 is 0.843. The van der Waals surface area contributed by atoms with E-state index in [2.05, 4.69) is 40.2 Å². The Balaban J connectivity index is 1.26. The Morgan fingerprint density at radius 2 is 2.14 bits per heavy atom. The first-order valence-electron chi connectivity index (χ1n) is 14.5. The molecule has 4 aliphatic carbocycles. The molecule has 2 saturated carbocycles. The highest BCUT2D eigenvalue weighted by atomic mass is 32.2. The van der Waals surface area contributed by atoms with Crippen LogP contribution in [0.1, 0.15) is 54.9 Å². The van der Waals surface area contributed by atoms with Gasteiger partial charge in [-0.2, -0.15) is 14.8 Å². The van der Waals surface area contributed by atoms with Crippen molar-refractivity contribution >= 4 is 28.9 Å². The van der Waals surface area contributed by atoms with Crippen molar-refractivity contribution in [3.63, 3.8) is 0 Å². The number of fused-ring (bicyclic) bond motifs is 6. The summed E-state index contributed by atoms with van der Waals surface area (Å²) in [5.41, 5.74) is 0.714. The van der Waals surface area contributed by atoms with E-state index in [1.807, 2.05) is 19.2 Å². The van der Waals surface area contributed by atoms with E-state index in [0.29, 0.717) is 18.5 Å². The van der Waals surface area contributed by atoms with E-state index in [1.165, 1.54) is 18.5 Å². The highest BCUT2D eigenvalue weighted by molar-refractivity contribution is 8.14. The number of thioether (sulfide) groups is 1. The number of rotatable bonds is 5. The van der Waals surface area contributed by atoms with Gasteiger partial charge in [-0.3, -0.25) is 4.79 Å². The van der Waals surface area contributed by atoms with Gasteiger partial charge in [-0.05, 0) is 66.9 Å². The lowest BCUT2D eigenvalue weighted by molar-refractivity contribution is -0.166. The van der Waals surface area contributed by atoms with E-state index in [9.17, 15) is 24.3 Å². The van der Waals surface area contributed by atoms with Gasteiger partial charge in [-0.15, -0.1) is 0 Å².